The fraction of sp³-hybridized carbons (Fsp3) is 0.286. The highest BCUT2D eigenvalue weighted by atomic mass is 16.6. The molecule has 2 aromatic rings. The van der Waals surface area contributed by atoms with Crippen molar-refractivity contribution in [1.29, 1.82) is 0 Å². The highest BCUT2D eigenvalue weighted by Crippen LogP contribution is 2.17. The summed E-state index contributed by atoms with van der Waals surface area (Å²) in [6.07, 6.45) is 0. The van der Waals surface area contributed by atoms with Gasteiger partial charge in [-0.3, -0.25) is 9.59 Å². The minimum Gasteiger partial charge on any atom is -0.482 e. The fourth-order valence-corrected chi connectivity index (χ4v) is 2.26. The number of ketones is 1. The summed E-state index contributed by atoms with van der Waals surface area (Å²) in [5, 5.41) is 2.67. The largest absolute Gasteiger partial charge is 0.482 e. The second kappa shape index (κ2) is 9.52. The first-order valence-electron chi connectivity index (χ1n) is 8.64. The van der Waals surface area contributed by atoms with Crippen molar-refractivity contribution in [2.45, 2.75) is 26.7 Å². The van der Waals surface area contributed by atoms with E-state index in [1.807, 2.05) is 24.3 Å². The van der Waals surface area contributed by atoms with Crippen LogP contribution in [0.3, 0.4) is 0 Å². The molecule has 0 aliphatic carbocycles. The molecule has 0 saturated heterocycles. The van der Waals surface area contributed by atoms with E-state index in [0.717, 1.165) is 0 Å². The van der Waals surface area contributed by atoms with Gasteiger partial charge in [0.15, 0.2) is 19.0 Å². The molecule has 0 bridgehead atoms. The maximum absolute atomic E-state index is 11.9. The first-order valence-corrected chi connectivity index (χ1v) is 8.64. The molecule has 0 spiro atoms. The van der Waals surface area contributed by atoms with Gasteiger partial charge in [-0.25, -0.2) is 4.79 Å². The molecule has 0 aliphatic rings. The second-order valence-electron chi connectivity index (χ2n) is 6.35. The average Bonchev–Trinajstić information content (AvgIpc) is 2.65. The predicted octanol–water partition coefficient (Wildman–Crippen LogP) is 3.57. The highest BCUT2D eigenvalue weighted by Gasteiger charge is 2.09. The number of Topliss-reactive ketones (excluding diaryl/α,β-unsaturated/α-hetero) is 1. The summed E-state index contributed by atoms with van der Waals surface area (Å²) in [5.74, 6) is -0.283. The number of rotatable bonds is 8. The molecule has 0 heterocycles. The van der Waals surface area contributed by atoms with Crippen LogP contribution in [0, 0.1) is 0 Å². The summed E-state index contributed by atoms with van der Waals surface area (Å²) < 4.78 is 10.2. The molecule has 0 radical (unpaired) electrons. The van der Waals surface area contributed by atoms with E-state index in [4.69, 9.17) is 9.47 Å². The van der Waals surface area contributed by atoms with Crippen LogP contribution in [0.1, 0.15) is 42.6 Å². The van der Waals surface area contributed by atoms with Gasteiger partial charge in [-0.2, -0.15) is 0 Å². The molecule has 0 unspecified atom stereocenters. The van der Waals surface area contributed by atoms with Gasteiger partial charge in [0.25, 0.3) is 5.91 Å². The van der Waals surface area contributed by atoms with Crippen LogP contribution in [0.15, 0.2) is 48.5 Å². The number of benzene rings is 2. The van der Waals surface area contributed by atoms with Gasteiger partial charge < -0.3 is 14.8 Å². The van der Waals surface area contributed by atoms with Crippen molar-refractivity contribution in [2.75, 3.05) is 18.5 Å². The number of amides is 1. The Morgan fingerprint density at radius 3 is 2.11 bits per heavy atom. The molecular formula is C21H23NO5. The Bertz CT molecular complexity index is 794. The molecule has 27 heavy (non-hydrogen) atoms. The summed E-state index contributed by atoms with van der Waals surface area (Å²) in [4.78, 5) is 34.7. The van der Waals surface area contributed by atoms with Crippen molar-refractivity contribution in [3.63, 3.8) is 0 Å². The van der Waals surface area contributed by atoms with Gasteiger partial charge >= 0.3 is 5.97 Å². The summed E-state index contributed by atoms with van der Waals surface area (Å²) in [5.41, 5.74) is 2.37. The van der Waals surface area contributed by atoms with Gasteiger partial charge in [-0.15, -0.1) is 0 Å². The fourth-order valence-electron chi connectivity index (χ4n) is 2.26. The number of nitrogens with one attached hydrogen (secondary N) is 1. The van der Waals surface area contributed by atoms with Crippen molar-refractivity contribution in [3.8, 4) is 5.75 Å². The van der Waals surface area contributed by atoms with Crippen LogP contribution in [0.25, 0.3) is 0 Å². The highest BCUT2D eigenvalue weighted by molar-refractivity contribution is 5.94. The maximum Gasteiger partial charge on any atom is 0.344 e. The van der Waals surface area contributed by atoms with E-state index in [1.54, 1.807) is 24.3 Å². The number of esters is 1. The number of hydrogen-bond donors (Lipinski definition) is 1. The van der Waals surface area contributed by atoms with Crippen molar-refractivity contribution in [1.82, 2.24) is 0 Å². The first-order chi connectivity index (χ1) is 12.8. The normalized spacial score (nSPS) is 10.4. The predicted molar refractivity (Wildman–Crippen MR) is 102 cm³/mol. The van der Waals surface area contributed by atoms with E-state index in [2.05, 4.69) is 19.2 Å². The van der Waals surface area contributed by atoms with Crippen LogP contribution in [0.2, 0.25) is 0 Å². The lowest BCUT2D eigenvalue weighted by Crippen LogP contribution is -2.23. The zero-order chi connectivity index (χ0) is 19.8. The summed E-state index contributed by atoms with van der Waals surface area (Å²) in [6.45, 7) is 4.93. The Hall–Kier alpha value is -3.15. The van der Waals surface area contributed by atoms with E-state index < -0.39 is 18.5 Å². The van der Waals surface area contributed by atoms with Crippen LogP contribution in [0.5, 0.6) is 5.75 Å². The molecule has 1 N–H and O–H groups in total. The zero-order valence-electron chi connectivity index (χ0n) is 15.7. The molecule has 0 aliphatic heterocycles. The van der Waals surface area contributed by atoms with Crippen molar-refractivity contribution < 1.29 is 23.9 Å². The summed E-state index contributed by atoms with van der Waals surface area (Å²) in [7, 11) is 0. The van der Waals surface area contributed by atoms with Crippen LogP contribution < -0.4 is 10.1 Å². The van der Waals surface area contributed by atoms with Gasteiger partial charge in [-0.1, -0.05) is 26.0 Å². The molecule has 0 atom stereocenters. The smallest absolute Gasteiger partial charge is 0.344 e. The second-order valence-corrected chi connectivity index (χ2v) is 6.35. The molecule has 6 nitrogen and oxygen atoms in total. The third-order valence-corrected chi connectivity index (χ3v) is 3.84. The van der Waals surface area contributed by atoms with Crippen molar-refractivity contribution in [2.24, 2.45) is 0 Å². The molecule has 2 aromatic carbocycles. The van der Waals surface area contributed by atoms with Crippen LogP contribution in [0.4, 0.5) is 5.69 Å². The number of hydrogen-bond acceptors (Lipinski definition) is 5. The lowest BCUT2D eigenvalue weighted by molar-refractivity contribution is -0.149. The molecular weight excluding hydrogens is 346 g/mol. The van der Waals surface area contributed by atoms with Gasteiger partial charge in [0, 0.05) is 11.3 Å². The van der Waals surface area contributed by atoms with E-state index in [1.165, 1.54) is 12.5 Å². The van der Waals surface area contributed by atoms with Gasteiger partial charge in [0.2, 0.25) is 0 Å². The monoisotopic (exact) mass is 369 g/mol. The van der Waals surface area contributed by atoms with Gasteiger partial charge in [0.1, 0.15) is 5.75 Å². The number of ether oxygens (including phenoxy) is 2. The van der Waals surface area contributed by atoms with Crippen LogP contribution in [-0.4, -0.2) is 30.9 Å². The molecule has 2 rings (SSSR count). The molecule has 0 saturated carbocycles. The SMILES string of the molecule is CC(=O)c1ccc(OCC(=O)OCC(=O)Nc2ccc(C(C)C)cc2)cc1. The minimum absolute atomic E-state index is 0.0502. The van der Waals surface area contributed by atoms with E-state index in [-0.39, 0.29) is 12.4 Å². The van der Waals surface area contributed by atoms with Gasteiger partial charge in [-0.05, 0) is 54.8 Å². The molecule has 0 fully saturated rings. The van der Waals surface area contributed by atoms with Crippen molar-refractivity contribution in [3.05, 3.63) is 59.7 Å². The third kappa shape index (κ3) is 6.58. The summed E-state index contributed by atoms with van der Waals surface area (Å²) in [6, 6.07) is 13.9. The van der Waals surface area contributed by atoms with E-state index in [9.17, 15) is 14.4 Å². The lowest BCUT2D eigenvalue weighted by atomic mass is 10.0. The quantitative estimate of drug-likeness (QED) is 0.568. The molecule has 142 valence electrons. The van der Waals surface area contributed by atoms with E-state index >= 15 is 0 Å². The molecule has 1 amide bonds. The number of carbonyl (C=O) groups excluding carboxylic acids is 3. The Balaban J connectivity index is 1.72. The topological polar surface area (TPSA) is 81.7 Å². The number of anilines is 1. The van der Waals surface area contributed by atoms with Crippen LogP contribution >= 0.6 is 0 Å². The molecule has 6 heteroatoms. The Labute approximate surface area is 158 Å². The third-order valence-electron chi connectivity index (χ3n) is 3.84. The minimum atomic E-state index is -0.657. The molecule has 0 aromatic heterocycles. The zero-order valence-corrected chi connectivity index (χ0v) is 15.7. The van der Waals surface area contributed by atoms with Crippen molar-refractivity contribution >= 4 is 23.3 Å². The van der Waals surface area contributed by atoms with E-state index in [0.29, 0.717) is 22.9 Å². The Morgan fingerprint density at radius 2 is 1.56 bits per heavy atom. The Morgan fingerprint density at radius 1 is 0.926 bits per heavy atom. The van der Waals surface area contributed by atoms with Crippen LogP contribution in [-0.2, 0) is 14.3 Å². The maximum atomic E-state index is 11.9. The Kier molecular flexibility index (Phi) is 7.11. The van der Waals surface area contributed by atoms with Gasteiger partial charge in [0.05, 0.1) is 0 Å². The summed E-state index contributed by atoms with van der Waals surface area (Å²) >= 11 is 0. The lowest BCUT2D eigenvalue weighted by Gasteiger charge is -2.09. The average molecular weight is 369 g/mol. The number of carbonyl (C=O) groups is 3. The standard InChI is InChI=1S/C21H23NO5/c1-14(2)16-4-8-18(9-5-16)22-20(24)12-27-21(25)13-26-19-10-6-17(7-11-19)15(3)23/h4-11,14H,12-13H2,1-3H3,(H,22,24). The first kappa shape index (κ1) is 20.2.